The molecule has 18 heavy (non-hydrogen) atoms. The molecule has 2 heteroatoms. The molecule has 0 heterocycles. The van der Waals surface area contributed by atoms with Crippen molar-refractivity contribution in [3.63, 3.8) is 0 Å². The van der Waals surface area contributed by atoms with Crippen molar-refractivity contribution in [1.82, 2.24) is 0 Å². The minimum Gasteiger partial charge on any atom is -0.387 e. The summed E-state index contributed by atoms with van der Waals surface area (Å²) in [4.78, 5) is 0. The molecule has 3 atom stereocenters. The van der Waals surface area contributed by atoms with Gasteiger partial charge in [0.15, 0.2) is 0 Å². The van der Waals surface area contributed by atoms with Gasteiger partial charge in [-0.2, -0.15) is 0 Å². The van der Waals surface area contributed by atoms with Crippen LogP contribution in [-0.2, 0) is 11.3 Å². The molecule has 0 bridgehead atoms. The molecular formula is C16H22O2. The van der Waals surface area contributed by atoms with E-state index in [9.17, 15) is 5.11 Å². The van der Waals surface area contributed by atoms with Crippen LogP contribution in [0, 0.1) is 5.92 Å². The molecule has 0 radical (unpaired) electrons. The normalized spacial score (nSPS) is 32.1. The molecule has 0 amide bonds. The van der Waals surface area contributed by atoms with Crippen molar-refractivity contribution in [2.75, 3.05) is 0 Å². The number of aliphatic hydroxyl groups is 1. The van der Waals surface area contributed by atoms with E-state index < -0.39 is 5.60 Å². The van der Waals surface area contributed by atoms with Crippen LogP contribution in [0.15, 0.2) is 42.0 Å². The number of hydrogen-bond acceptors (Lipinski definition) is 2. The average Bonchev–Trinajstić information content (AvgIpc) is 2.27. The summed E-state index contributed by atoms with van der Waals surface area (Å²) < 4.78 is 5.95. The van der Waals surface area contributed by atoms with E-state index in [1.54, 1.807) is 0 Å². The van der Waals surface area contributed by atoms with Crippen LogP contribution in [0.5, 0.6) is 0 Å². The highest BCUT2D eigenvalue weighted by Gasteiger charge is 2.39. The Morgan fingerprint density at radius 3 is 2.61 bits per heavy atom. The topological polar surface area (TPSA) is 29.5 Å². The van der Waals surface area contributed by atoms with Crippen molar-refractivity contribution in [2.24, 2.45) is 5.92 Å². The van der Waals surface area contributed by atoms with Gasteiger partial charge in [0.25, 0.3) is 0 Å². The number of ether oxygens (including phenoxy) is 1. The molecule has 0 aromatic heterocycles. The lowest BCUT2D eigenvalue weighted by molar-refractivity contribution is -0.125. The highest BCUT2D eigenvalue weighted by atomic mass is 16.5. The Balaban J connectivity index is 2.04. The fourth-order valence-corrected chi connectivity index (χ4v) is 2.92. The van der Waals surface area contributed by atoms with Crippen LogP contribution in [0.4, 0.5) is 0 Å². The van der Waals surface area contributed by atoms with E-state index in [2.05, 4.69) is 19.9 Å². The van der Waals surface area contributed by atoms with Crippen molar-refractivity contribution in [1.29, 1.82) is 0 Å². The molecule has 1 aromatic rings. The summed E-state index contributed by atoms with van der Waals surface area (Å²) >= 11 is 0. The third kappa shape index (κ3) is 3.01. The van der Waals surface area contributed by atoms with Gasteiger partial charge in [-0.3, -0.25) is 0 Å². The Morgan fingerprint density at radius 2 is 2.00 bits per heavy atom. The molecule has 0 saturated carbocycles. The fourth-order valence-electron chi connectivity index (χ4n) is 2.92. The number of benzene rings is 1. The third-order valence-corrected chi connectivity index (χ3v) is 3.55. The quantitative estimate of drug-likeness (QED) is 0.829. The van der Waals surface area contributed by atoms with E-state index >= 15 is 0 Å². The maximum absolute atomic E-state index is 10.5. The van der Waals surface area contributed by atoms with E-state index in [-0.39, 0.29) is 12.0 Å². The Bertz CT molecular complexity index is 420. The van der Waals surface area contributed by atoms with E-state index in [1.165, 1.54) is 5.57 Å². The van der Waals surface area contributed by atoms with E-state index in [4.69, 9.17) is 4.74 Å². The summed E-state index contributed by atoms with van der Waals surface area (Å²) in [6.45, 7) is 6.60. The lowest BCUT2D eigenvalue weighted by Gasteiger charge is -2.39. The van der Waals surface area contributed by atoms with Crippen molar-refractivity contribution in [3.8, 4) is 0 Å². The first-order chi connectivity index (χ1) is 8.49. The second-order valence-corrected chi connectivity index (χ2v) is 5.62. The Labute approximate surface area is 109 Å². The van der Waals surface area contributed by atoms with Crippen molar-refractivity contribution < 1.29 is 9.84 Å². The van der Waals surface area contributed by atoms with Gasteiger partial charge in [-0.25, -0.2) is 0 Å². The SMILES string of the molecule is CC1=CC(C)[C@H](OCc2ccccc2)[C@](C)(O)C1. The van der Waals surface area contributed by atoms with Crippen LogP contribution in [0.2, 0.25) is 0 Å². The first-order valence-corrected chi connectivity index (χ1v) is 6.54. The summed E-state index contributed by atoms with van der Waals surface area (Å²) in [6, 6.07) is 10.1. The summed E-state index contributed by atoms with van der Waals surface area (Å²) in [5, 5.41) is 10.5. The van der Waals surface area contributed by atoms with Crippen LogP contribution < -0.4 is 0 Å². The zero-order chi connectivity index (χ0) is 13.2. The maximum atomic E-state index is 10.5. The molecular weight excluding hydrogens is 224 g/mol. The molecule has 1 aliphatic rings. The Kier molecular flexibility index (Phi) is 3.88. The van der Waals surface area contributed by atoms with Gasteiger partial charge in [-0.05, 0) is 25.8 Å². The first-order valence-electron chi connectivity index (χ1n) is 6.54. The number of rotatable bonds is 3. The molecule has 0 fully saturated rings. The molecule has 2 rings (SSSR count). The van der Waals surface area contributed by atoms with Gasteiger partial charge in [0, 0.05) is 5.92 Å². The molecule has 1 N–H and O–H groups in total. The van der Waals surface area contributed by atoms with Crippen LogP contribution in [0.1, 0.15) is 32.8 Å². The third-order valence-electron chi connectivity index (χ3n) is 3.55. The van der Waals surface area contributed by atoms with Crippen LogP contribution in [-0.4, -0.2) is 16.8 Å². The predicted octanol–water partition coefficient (Wildman–Crippen LogP) is 3.31. The van der Waals surface area contributed by atoms with Gasteiger partial charge < -0.3 is 9.84 Å². The summed E-state index contributed by atoms with van der Waals surface area (Å²) in [7, 11) is 0. The Hall–Kier alpha value is -1.12. The first kappa shape index (κ1) is 13.3. The highest BCUT2D eigenvalue weighted by Crippen LogP contribution is 2.34. The van der Waals surface area contributed by atoms with Gasteiger partial charge in [0.1, 0.15) is 0 Å². The van der Waals surface area contributed by atoms with Gasteiger partial charge in [-0.15, -0.1) is 0 Å². The van der Waals surface area contributed by atoms with Gasteiger partial charge in [0.05, 0.1) is 18.3 Å². The molecule has 0 spiro atoms. The lowest BCUT2D eigenvalue weighted by Crippen LogP contribution is -2.47. The zero-order valence-corrected chi connectivity index (χ0v) is 11.4. The zero-order valence-electron chi connectivity index (χ0n) is 11.4. The molecule has 0 aliphatic heterocycles. The van der Waals surface area contributed by atoms with E-state index in [0.717, 1.165) is 5.56 Å². The van der Waals surface area contributed by atoms with Gasteiger partial charge >= 0.3 is 0 Å². The molecule has 1 aromatic carbocycles. The predicted molar refractivity (Wildman–Crippen MR) is 73.2 cm³/mol. The maximum Gasteiger partial charge on any atom is 0.0926 e. The smallest absolute Gasteiger partial charge is 0.0926 e. The van der Waals surface area contributed by atoms with Crippen LogP contribution >= 0.6 is 0 Å². The van der Waals surface area contributed by atoms with Gasteiger partial charge in [-0.1, -0.05) is 48.9 Å². The standard InChI is InChI=1S/C16H22O2/c1-12-9-13(2)15(16(3,17)10-12)18-11-14-7-5-4-6-8-14/h4-9,13,15,17H,10-11H2,1-3H3/t13?,15-,16+/m0/s1. The second-order valence-electron chi connectivity index (χ2n) is 5.62. The van der Waals surface area contributed by atoms with E-state index in [1.807, 2.05) is 37.3 Å². The monoisotopic (exact) mass is 246 g/mol. The molecule has 0 saturated heterocycles. The highest BCUT2D eigenvalue weighted by molar-refractivity contribution is 5.16. The minimum atomic E-state index is -0.771. The molecule has 1 unspecified atom stereocenters. The van der Waals surface area contributed by atoms with Crippen LogP contribution in [0.3, 0.4) is 0 Å². The van der Waals surface area contributed by atoms with Crippen molar-refractivity contribution >= 4 is 0 Å². The number of hydrogen-bond donors (Lipinski definition) is 1. The minimum absolute atomic E-state index is 0.138. The molecule has 98 valence electrons. The summed E-state index contributed by atoms with van der Waals surface area (Å²) in [6.07, 6.45) is 2.76. The van der Waals surface area contributed by atoms with Crippen molar-refractivity contribution in [2.45, 2.75) is 45.5 Å². The second kappa shape index (κ2) is 5.25. The Morgan fingerprint density at radius 1 is 1.33 bits per heavy atom. The largest absolute Gasteiger partial charge is 0.387 e. The molecule has 2 nitrogen and oxygen atoms in total. The fraction of sp³-hybridized carbons (Fsp3) is 0.500. The van der Waals surface area contributed by atoms with Crippen molar-refractivity contribution in [3.05, 3.63) is 47.5 Å². The van der Waals surface area contributed by atoms with E-state index in [0.29, 0.717) is 13.0 Å². The van der Waals surface area contributed by atoms with Gasteiger partial charge in [0.2, 0.25) is 0 Å². The van der Waals surface area contributed by atoms with Crippen LogP contribution in [0.25, 0.3) is 0 Å². The average molecular weight is 246 g/mol. The summed E-state index contributed by atoms with van der Waals surface area (Å²) in [5.74, 6) is 0.248. The summed E-state index contributed by atoms with van der Waals surface area (Å²) in [5.41, 5.74) is 1.62. The lowest BCUT2D eigenvalue weighted by atomic mass is 9.78. The molecule has 1 aliphatic carbocycles.